The van der Waals surface area contributed by atoms with Crippen molar-refractivity contribution in [3.05, 3.63) is 74.3 Å². The number of hydrogen-bond acceptors (Lipinski definition) is 4. The lowest BCUT2D eigenvalue weighted by atomic mass is 10.0. The number of fused-ring (bicyclic) bond motifs is 1. The molecule has 1 heterocycles. The molecule has 0 aliphatic carbocycles. The maximum atomic E-state index is 12.5. The van der Waals surface area contributed by atoms with Crippen molar-refractivity contribution in [2.45, 2.75) is 13.0 Å². The highest BCUT2D eigenvalue weighted by molar-refractivity contribution is 6.30. The minimum absolute atomic E-state index is 0.218. The van der Waals surface area contributed by atoms with Gasteiger partial charge in [-0.05, 0) is 31.2 Å². The summed E-state index contributed by atoms with van der Waals surface area (Å²) in [7, 11) is 0. The van der Waals surface area contributed by atoms with E-state index >= 15 is 0 Å². The maximum absolute atomic E-state index is 12.5. The molecule has 0 radical (unpaired) electrons. The van der Waals surface area contributed by atoms with Crippen LogP contribution in [0.4, 0.5) is 5.69 Å². The SMILES string of the molecule is C[C@H](c1ccc(Cl)cc1[N+](=O)[O-])N1C(=O)c2ccccc2C1=O. The molecule has 1 aliphatic rings. The largest absolute Gasteiger partial charge is 0.276 e. The quantitative estimate of drug-likeness (QED) is 0.489. The molecule has 7 heteroatoms. The standard InChI is InChI=1S/C16H11ClN2O4/c1-9(11-7-6-10(17)8-14(11)19(22)23)18-15(20)12-4-2-3-5-13(12)16(18)21/h2-9H,1H3/t9-/m1/s1. The first kappa shape index (κ1) is 15.2. The lowest BCUT2D eigenvalue weighted by molar-refractivity contribution is -0.385. The molecule has 0 saturated heterocycles. The molecule has 116 valence electrons. The average Bonchev–Trinajstić information content (AvgIpc) is 2.78. The van der Waals surface area contributed by atoms with E-state index in [1.807, 2.05) is 0 Å². The van der Waals surface area contributed by atoms with Crippen LogP contribution in [0.5, 0.6) is 0 Å². The molecule has 1 aliphatic heterocycles. The van der Waals surface area contributed by atoms with Crippen molar-refractivity contribution in [2.24, 2.45) is 0 Å². The molecular formula is C16H11ClN2O4. The second-order valence-electron chi connectivity index (χ2n) is 5.16. The minimum Gasteiger partial charge on any atom is -0.269 e. The first-order valence-electron chi connectivity index (χ1n) is 6.82. The van der Waals surface area contributed by atoms with Gasteiger partial charge in [-0.2, -0.15) is 0 Å². The molecule has 0 bridgehead atoms. The van der Waals surface area contributed by atoms with E-state index in [0.29, 0.717) is 11.1 Å². The number of carbonyl (C=O) groups excluding carboxylic acids is 2. The molecule has 0 N–H and O–H groups in total. The average molecular weight is 331 g/mol. The van der Waals surface area contributed by atoms with Gasteiger partial charge in [-0.1, -0.05) is 23.7 Å². The molecule has 23 heavy (non-hydrogen) atoms. The Morgan fingerprint density at radius 1 is 1.09 bits per heavy atom. The summed E-state index contributed by atoms with van der Waals surface area (Å²) in [5.74, 6) is -0.912. The van der Waals surface area contributed by atoms with Crippen LogP contribution >= 0.6 is 11.6 Å². The molecule has 2 aromatic rings. The van der Waals surface area contributed by atoms with E-state index in [1.165, 1.54) is 18.2 Å². The highest BCUT2D eigenvalue weighted by atomic mass is 35.5. The number of nitro groups is 1. The van der Waals surface area contributed by atoms with Crippen LogP contribution in [0, 0.1) is 10.1 Å². The van der Waals surface area contributed by atoms with Crippen molar-refractivity contribution >= 4 is 29.1 Å². The van der Waals surface area contributed by atoms with Crippen molar-refractivity contribution in [2.75, 3.05) is 0 Å². The zero-order valence-corrected chi connectivity index (χ0v) is 12.8. The van der Waals surface area contributed by atoms with E-state index in [1.54, 1.807) is 31.2 Å². The van der Waals surface area contributed by atoms with Gasteiger partial charge in [-0.25, -0.2) is 0 Å². The number of hydrogen-bond donors (Lipinski definition) is 0. The van der Waals surface area contributed by atoms with Gasteiger partial charge in [0.2, 0.25) is 0 Å². The normalized spacial score (nSPS) is 14.8. The summed E-state index contributed by atoms with van der Waals surface area (Å²) < 4.78 is 0. The number of halogens is 1. The smallest absolute Gasteiger partial charge is 0.269 e. The Bertz CT molecular complexity index is 815. The molecule has 2 aromatic carbocycles. The third-order valence-electron chi connectivity index (χ3n) is 3.85. The minimum atomic E-state index is -0.778. The molecular weight excluding hydrogens is 320 g/mol. The first-order chi connectivity index (χ1) is 10.9. The third-order valence-corrected chi connectivity index (χ3v) is 4.09. The predicted molar refractivity (Wildman–Crippen MR) is 83.5 cm³/mol. The Morgan fingerprint density at radius 2 is 1.65 bits per heavy atom. The fourth-order valence-corrected chi connectivity index (χ4v) is 2.89. The Kier molecular flexibility index (Phi) is 3.61. The second-order valence-corrected chi connectivity index (χ2v) is 5.60. The van der Waals surface area contributed by atoms with E-state index < -0.39 is 22.8 Å². The molecule has 0 aromatic heterocycles. The Balaban J connectivity index is 2.06. The van der Waals surface area contributed by atoms with Crippen molar-refractivity contribution in [3.8, 4) is 0 Å². The molecule has 0 saturated carbocycles. The number of rotatable bonds is 3. The van der Waals surface area contributed by atoms with Crippen molar-refractivity contribution < 1.29 is 14.5 Å². The summed E-state index contributed by atoms with van der Waals surface area (Å²) in [5.41, 5.74) is 0.650. The second kappa shape index (κ2) is 5.48. The van der Waals surface area contributed by atoms with Crippen molar-refractivity contribution in [1.82, 2.24) is 4.90 Å². The van der Waals surface area contributed by atoms with Gasteiger partial charge in [-0.3, -0.25) is 24.6 Å². The predicted octanol–water partition coefficient (Wildman–Crippen LogP) is 3.61. The van der Waals surface area contributed by atoms with E-state index in [4.69, 9.17) is 11.6 Å². The number of carbonyl (C=O) groups is 2. The molecule has 0 spiro atoms. The molecule has 0 unspecified atom stereocenters. The van der Waals surface area contributed by atoms with Crippen LogP contribution in [-0.2, 0) is 0 Å². The zero-order valence-electron chi connectivity index (χ0n) is 12.0. The summed E-state index contributed by atoms with van der Waals surface area (Å²) in [6, 6.07) is 9.88. The van der Waals surface area contributed by atoms with E-state index in [-0.39, 0.29) is 16.3 Å². The van der Waals surface area contributed by atoms with Gasteiger partial charge in [0.1, 0.15) is 0 Å². The maximum Gasteiger partial charge on any atom is 0.276 e. The molecule has 6 nitrogen and oxygen atoms in total. The molecule has 2 amide bonds. The summed E-state index contributed by atoms with van der Waals surface area (Å²) >= 11 is 5.80. The van der Waals surface area contributed by atoms with E-state index in [0.717, 1.165) is 4.90 Å². The molecule has 0 fully saturated rings. The van der Waals surface area contributed by atoms with Gasteiger partial charge >= 0.3 is 0 Å². The van der Waals surface area contributed by atoms with E-state index in [2.05, 4.69) is 0 Å². The highest BCUT2D eigenvalue weighted by Gasteiger charge is 2.40. The number of imide groups is 1. The first-order valence-corrected chi connectivity index (χ1v) is 7.20. The summed E-state index contributed by atoms with van der Waals surface area (Å²) in [6.07, 6.45) is 0. The molecule has 3 rings (SSSR count). The van der Waals surface area contributed by atoms with Gasteiger partial charge < -0.3 is 0 Å². The van der Waals surface area contributed by atoms with Gasteiger partial charge in [0, 0.05) is 11.1 Å². The summed E-state index contributed by atoms with van der Waals surface area (Å²) in [6.45, 7) is 1.58. The van der Waals surface area contributed by atoms with Crippen LogP contribution in [0.3, 0.4) is 0 Å². The van der Waals surface area contributed by atoms with Crippen LogP contribution in [0.2, 0.25) is 5.02 Å². The number of benzene rings is 2. The van der Waals surface area contributed by atoms with Crippen LogP contribution in [-0.4, -0.2) is 21.6 Å². The van der Waals surface area contributed by atoms with E-state index in [9.17, 15) is 19.7 Å². The Labute approximate surface area is 136 Å². The number of amides is 2. The Morgan fingerprint density at radius 3 is 2.17 bits per heavy atom. The summed E-state index contributed by atoms with van der Waals surface area (Å²) in [4.78, 5) is 36.7. The fraction of sp³-hybridized carbons (Fsp3) is 0.125. The Hall–Kier alpha value is -2.73. The van der Waals surface area contributed by atoms with Crippen LogP contribution < -0.4 is 0 Å². The monoisotopic (exact) mass is 330 g/mol. The van der Waals surface area contributed by atoms with Gasteiger partial charge in [0.25, 0.3) is 17.5 Å². The van der Waals surface area contributed by atoms with Gasteiger partial charge in [0.15, 0.2) is 0 Å². The molecule has 1 atom stereocenters. The fourth-order valence-electron chi connectivity index (χ4n) is 2.73. The third kappa shape index (κ3) is 2.37. The topological polar surface area (TPSA) is 80.5 Å². The highest BCUT2D eigenvalue weighted by Crippen LogP contribution is 2.36. The van der Waals surface area contributed by atoms with Crippen LogP contribution in [0.15, 0.2) is 42.5 Å². The lowest BCUT2D eigenvalue weighted by Gasteiger charge is -2.22. The summed E-state index contributed by atoms with van der Waals surface area (Å²) in [5, 5.41) is 11.5. The number of nitrogens with zero attached hydrogens (tertiary/aromatic N) is 2. The van der Waals surface area contributed by atoms with Crippen LogP contribution in [0.25, 0.3) is 0 Å². The zero-order chi connectivity index (χ0) is 16.7. The lowest BCUT2D eigenvalue weighted by Crippen LogP contribution is -2.32. The van der Waals surface area contributed by atoms with Gasteiger partial charge in [0.05, 0.1) is 27.7 Å². The van der Waals surface area contributed by atoms with Crippen molar-refractivity contribution in [1.29, 1.82) is 0 Å². The van der Waals surface area contributed by atoms with Crippen molar-refractivity contribution in [3.63, 3.8) is 0 Å². The van der Waals surface area contributed by atoms with Crippen LogP contribution in [0.1, 0.15) is 39.2 Å². The number of nitro benzene ring substituents is 1. The van der Waals surface area contributed by atoms with Gasteiger partial charge in [-0.15, -0.1) is 0 Å².